The van der Waals surface area contributed by atoms with E-state index in [-0.39, 0.29) is 30.6 Å². The minimum atomic E-state index is -4.88. The first-order valence-electron chi connectivity index (χ1n) is 7.74. The molecule has 2 amide bonds. The molecular weight excluding hydrogens is 355 g/mol. The number of carbonyl (C=O) groups is 2. The molecule has 1 saturated heterocycles. The largest absolute Gasteiger partial charge is 0.477 e. The first kappa shape index (κ1) is 19.7. The third-order valence-corrected chi connectivity index (χ3v) is 4.74. The van der Waals surface area contributed by atoms with Crippen molar-refractivity contribution in [3.8, 4) is 6.07 Å². The van der Waals surface area contributed by atoms with Gasteiger partial charge in [-0.15, -0.1) is 0 Å². The maximum absolute atomic E-state index is 13.6. The number of aliphatic hydroxyl groups is 1. The Bertz CT molecular complexity index is 803. The normalized spacial score (nSPS) is 25.7. The van der Waals surface area contributed by atoms with Gasteiger partial charge in [0.25, 0.3) is 0 Å². The Balaban J connectivity index is 2.91. The van der Waals surface area contributed by atoms with Crippen molar-refractivity contribution in [1.29, 1.82) is 5.26 Å². The van der Waals surface area contributed by atoms with Crippen LogP contribution in [0.2, 0.25) is 0 Å². The van der Waals surface area contributed by atoms with E-state index in [0.29, 0.717) is 0 Å². The zero-order valence-electron chi connectivity index (χ0n) is 13.7. The monoisotopic (exact) mass is 372 g/mol. The summed E-state index contributed by atoms with van der Waals surface area (Å²) in [5, 5.41) is 28.5. The maximum atomic E-state index is 13.6. The third kappa shape index (κ3) is 2.79. The molecule has 7 nitrogen and oxygen atoms in total. The molecule has 1 aromatic rings. The number of benzene rings is 1. The fourth-order valence-electron chi connectivity index (χ4n) is 3.70. The summed E-state index contributed by atoms with van der Waals surface area (Å²) in [5.41, 5.74) is 2.94. The zero-order valence-corrected chi connectivity index (χ0v) is 13.7. The summed E-state index contributed by atoms with van der Waals surface area (Å²) in [6, 6.07) is 0.570. The summed E-state index contributed by atoms with van der Waals surface area (Å²) in [6.45, 7) is 1.14. The summed E-state index contributed by atoms with van der Waals surface area (Å²) in [5.74, 6) is -1.55. The number of nitrogens with two attached hydrogens (primary N) is 1. The van der Waals surface area contributed by atoms with Crippen LogP contribution in [0.1, 0.15) is 30.0 Å². The lowest BCUT2D eigenvalue weighted by Crippen LogP contribution is -2.65. The Morgan fingerprint density at radius 2 is 2.04 bits per heavy atom. The van der Waals surface area contributed by atoms with Gasteiger partial charge in [0.1, 0.15) is 11.8 Å². The molecule has 3 atom stereocenters. The average Bonchev–Trinajstić information content (AvgIpc) is 2.90. The molecule has 1 aliphatic rings. The Morgan fingerprint density at radius 3 is 2.46 bits per heavy atom. The lowest BCUT2D eigenvalue weighted by Gasteiger charge is -2.35. The number of amides is 2. The topological polar surface area (TPSA) is 124 Å². The van der Waals surface area contributed by atoms with Crippen molar-refractivity contribution >= 4 is 17.7 Å². The second kappa shape index (κ2) is 6.59. The molecule has 1 fully saturated rings. The number of hydrogen-bond acceptors (Lipinski definition) is 4. The number of carboxylic acid groups (broad SMARTS) is 1. The van der Waals surface area contributed by atoms with E-state index in [4.69, 9.17) is 11.0 Å². The Labute approximate surface area is 146 Å². The number of carboxylic acids is 1. The van der Waals surface area contributed by atoms with E-state index in [2.05, 4.69) is 0 Å². The molecule has 26 heavy (non-hydrogen) atoms. The lowest BCUT2D eigenvalue weighted by atomic mass is 9.95. The smallest absolute Gasteiger partial charge is 0.419 e. The van der Waals surface area contributed by atoms with Gasteiger partial charge < -0.3 is 15.9 Å². The SMILES string of the molecule is CCc1c([N+]2(C(N)=O)CCC(O)C2C(=O)O)ccc(C#N)c1C(F)(F)F. The van der Waals surface area contributed by atoms with Crippen LogP contribution in [0.4, 0.5) is 23.7 Å². The van der Waals surface area contributed by atoms with Crippen molar-refractivity contribution < 1.29 is 33.0 Å². The van der Waals surface area contributed by atoms with Crippen molar-refractivity contribution in [2.45, 2.75) is 38.1 Å². The molecular formula is C16H17F3N3O4+. The number of aliphatic carboxylic acids is 1. The molecule has 1 heterocycles. The molecule has 1 aromatic carbocycles. The molecule has 0 saturated carbocycles. The summed E-state index contributed by atoms with van der Waals surface area (Å²) < 4.78 is 39.6. The number of aliphatic hydroxyl groups excluding tert-OH is 1. The fourth-order valence-corrected chi connectivity index (χ4v) is 3.70. The molecule has 140 valence electrons. The summed E-state index contributed by atoms with van der Waals surface area (Å²) >= 11 is 0. The zero-order chi connectivity index (χ0) is 19.9. The van der Waals surface area contributed by atoms with Crippen molar-refractivity contribution in [3.05, 3.63) is 28.8 Å². The number of halogens is 3. The predicted octanol–water partition coefficient (Wildman–Crippen LogP) is 1.74. The molecule has 3 unspecified atom stereocenters. The third-order valence-electron chi connectivity index (χ3n) is 4.74. The van der Waals surface area contributed by atoms with Crippen LogP contribution in [0.3, 0.4) is 0 Å². The van der Waals surface area contributed by atoms with Crippen molar-refractivity contribution in [2.24, 2.45) is 5.73 Å². The van der Waals surface area contributed by atoms with Gasteiger partial charge in [-0.2, -0.15) is 22.9 Å². The Morgan fingerprint density at radius 1 is 1.42 bits per heavy atom. The van der Waals surface area contributed by atoms with Gasteiger partial charge in [-0.05, 0) is 12.5 Å². The number of urea groups is 1. The lowest BCUT2D eigenvalue weighted by molar-refractivity contribution is -0.143. The van der Waals surface area contributed by atoms with Crippen molar-refractivity contribution in [3.63, 3.8) is 0 Å². The summed E-state index contributed by atoms with van der Waals surface area (Å²) in [7, 11) is 0. The van der Waals surface area contributed by atoms with Crippen LogP contribution in [0.15, 0.2) is 12.1 Å². The van der Waals surface area contributed by atoms with E-state index in [1.165, 1.54) is 13.0 Å². The average molecular weight is 372 g/mol. The van der Waals surface area contributed by atoms with Crippen LogP contribution in [0.5, 0.6) is 0 Å². The number of quaternary nitrogens is 1. The number of nitriles is 1. The number of rotatable bonds is 3. The second-order valence-corrected chi connectivity index (χ2v) is 6.02. The van der Waals surface area contributed by atoms with Crippen LogP contribution in [-0.4, -0.2) is 40.9 Å². The standard InChI is InChI=1S/C16H16F3N3O4/c1-2-9-10(4-3-8(7-20)12(9)16(17,18)19)22(15(21)26)6-5-11(23)13(22)14(24)25/h3-4,11,13,23H,2,5-6H2,1H3,(H2-,21,24,25,26)/p+1. The summed E-state index contributed by atoms with van der Waals surface area (Å²) in [6.07, 6.45) is -6.67. The fraction of sp³-hybridized carbons (Fsp3) is 0.438. The first-order chi connectivity index (χ1) is 12.0. The van der Waals surface area contributed by atoms with Gasteiger partial charge >= 0.3 is 18.2 Å². The predicted molar refractivity (Wildman–Crippen MR) is 83.8 cm³/mol. The number of hydrogen-bond donors (Lipinski definition) is 3. The van der Waals surface area contributed by atoms with Gasteiger partial charge in [-0.25, -0.2) is 9.59 Å². The highest BCUT2D eigenvalue weighted by atomic mass is 19.4. The van der Waals surface area contributed by atoms with Gasteiger partial charge in [0.15, 0.2) is 0 Å². The minimum absolute atomic E-state index is 0.121. The Kier molecular flexibility index (Phi) is 4.98. The first-order valence-corrected chi connectivity index (χ1v) is 7.74. The second-order valence-electron chi connectivity index (χ2n) is 6.02. The van der Waals surface area contributed by atoms with E-state index in [9.17, 15) is 33.0 Å². The summed E-state index contributed by atoms with van der Waals surface area (Å²) in [4.78, 5) is 23.9. The van der Waals surface area contributed by atoms with E-state index < -0.39 is 45.9 Å². The van der Waals surface area contributed by atoms with Gasteiger partial charge in [-0.1, -0.05) is 6.92 Å². The van der Waals surface area contributed by atoms with Crippen LogP contribution >= 0.6 is 0 Å². The Hall–Kier alpha value is -2.64. The number of alkyl halides is 3. The van der Waals surface area contributed by atoms with Gasteiger partial charge in [-0.3, -0.25) is 0 Å². The minimum Gasteiger partial charge on any atom is -0.477 e. The number of nitrogens with zero attached hydrogens (tertiary/aromatic N) is 2. The van der Waals surface area contributed by atoms with Gasteiger partial charge in [0.05, 0.1) is 23.7 Å². The van der Waals surface area contributed by atoms with E-state index in [1.807, 2.05) is 0 Å². The molecule has 0 radical (unpaired) electrons. The van der Waals surface area contributed by atoms with Crippen molar-refractivity contribution in [1.82, 2.24) is 4.48 Å². The van der Waals surface area contributed by atoms with Crippen LogP contribution in [0.25, 0.3) is 0 Å². The van der Waals surface area contributed by atoms with Gasteiger partial charge in [0, 0.05) is 18.1 Å². The van der Waals surface area contributed by atoms with Crippen molar-refractivity contribution in [2.75, 3.05) is 6.54 Å². The van der Waals surface area contributed by atoms with E-state index >= 15 is 0 Å². The van der Waals surface area contributed by atoms with Crippen LogP contribution < -0.4 is 10.2 Å². The molecule has 0 aliphatic carbocycles. The molecule has 10 heteroatoms. The molecule has 0 aromatic heterocycles. The van der Waals surface area contributed by atoms with E-state index in [1.54, 1.807) is 0 Å². The maximum Gasteiger partial charge on any atom is 0.419 e. The van der Waals surface area contributed by atoms with Crippen LogP contribution in [-0.2, 0) is 17.4 Å². The molecule has 0 bridgehead atoms. The molecule has 4 N–H and O–H groups in total. The number of carbonyl (C=O) groups excluding carboxylic acids is 1. The molecule has 2 rings (SSSR count). The van der Waals surface area contributed by atoms with Gasteiger partial charge in [0.2, 0.25) is 6.04 Å². The molecule has 0 spiro atoms. The quantitative estimate of drug-likeness (QED) is 0.697. The molecule has 1 aliphatic heterocycles. The highest BCUT2D eigenvalue weighted by molar-refractivity contribution is 5.94. The highest BCUT2D eigenvalue weighted by Crippen LogP contribution is 2.44. The number of likely N-dealkylation sites (tertiary alicyclic amines) is 1. The van der Waals surface area contributed by atoms with E-state index in [0.717, 1.165) is 12.1 Å². The number of primary amides is 1. The highest BCUT2D eigenvalue weighted by Gasteiger charge is 2.59. The van der Waals surface area contributed by atoms with Crippen LogP contribution in [0, 0.1) is 11.3 Å².